The first-order valence-corrected chi connectivity index (χ1v) is 18.7. The zero-order valence-electron chi connectivity index (χ0n) is 29.5. The number of aliphatic hydroxyl groups excluding tert-OH is 6. The molecule has 52 heavy (non-hydrogen) atoms. The second-order valence-electron chi connectivity index (χ2n) is 16.1. The first-order valence-electron chi connectivity index (χ1n) is 18.7. The van der Waals surface area contributed by atoms with Crippen molar-refractivity contribution in [2.75, 3.05) is 0 Å². The highest BCUT2D eigenvalue weighted by atomic mass is 16.7. The van der Waals surface area contributed by atoms with Crippen LogP contribution in [0.3, 0.4) is 0 Å². The minimum atomic E-state index is -1.63. The highest BCUT2D eigenvalue weighted by Gasteiger charge is 2.55. The van der Waals surface area contributed by atoms with Crippen molar-refractivity contribution in [1.82, 2.24) is 0 Å². The summed E-state index contributed by atoms with van der Waals surface area (Å²) in [6.45, 7) is 0. The first-order chi connectivity index (χ1) is 24.5. The molecule has 6 rings (SSSR count). The number of rotatable bonds is 10. The van der Waals surface area contributed by atoms with Crippen molar-refractivity contribution >= 4 is 0 Å². The van der Waals surface area contributed by atoms with Gasteiger partial charge in [-0.2, -0.15) is 0 Å². The van der Waals surface area contributed by atoms with Crippen LogP contribution in [0.5, 0.6) is 0 Å². The van der Waals surface area contributed by atoms with Crippen LogP contribution in [0.25, 0.3) is 0 Å². The molecule has 6 aliphatic rings. The van der Waals surface area contributed by atoms with E-state index in [9.17, 15) is 40.9 Å². The topological polar surface area (TPSA) is 321 Å². The Kier molecular flexibility index (Phi) is 12.5. The second-order valence-corrected chi connectivity index (χ2v) is 16.1. The van der Waals surface area contributed by atoms with Gasteiger partial charge in [-0.3, -0.25) is 0 Å². The van der Waals surface area contributed by atoms with Crippen LogP contribution in [-0.2, 0) is 28.4 Å². The summed E-state index contributed by atoms with van der Waals surface area (Å²) in [6, 6.07) is -2.20. The number of hydrogen-bond donors (Lipinski definition) is 12. The summed E-state index contributed by atoms with van der Waals surface area (Å²) >= 11 is 0. The SMILES string of the molecule is N/C=C1/OC(OC2C(CC3(O)CCCCC3)OC(OC3CC(N)(OC4OC(CC5(O)CCCC5)C(O)C(O)C4N)CC(N)C3O)C2O)CC(O)C1O. The zero-order chi connectivity index (χ0) is 37.6. The van der Waals surface area contributed by atoms with Crippen molar-refractivity contribution in [3.05, 3.63) is 12.0 Å². The summed E-state index contributed by atoms with van der Waals surface area (Å²) in [5.41, 5.74) is 21.1. The van der Waals surface area contributed by atoms with Gasteiger partial charge in [0.05, 0.1) is 47.8 Å². The maximum absolute atomic E-state index is 11.6. The average Bonchev–Trinajstić information content (AvgIpc) is 3.64. The Morgan fingerprint density at radius 1 is 0.731 bits per heavy atom. The molecule has 3 aliphatic carbocycles. The molecule has 0 aromatic carbocycles. The molecule has 16 atom stereocenters. The van der Waals surface area contributed by atoms with E-state index in [0.29, 0.717) is 25.7 Å². The maximum atomic E-state index is 11.6. The molecule has 3 saturated heterocycles. The Morgan fingerprint density at radius 2 is 1.33 bits per heavy atom. The van der Waals surface area contributed by atoms with E-state index >= 15 is 0 Å². The molecule has 3 saturated carbocycles. The largest absolute Gasteiger partial charge is 0.465 e. The molecular formula is C34H60N4O14. The summed E-state index contributed by atoms with van der Waals surface area (Å²) in [4.78, 5) is 0. The van der Waals surface area contributed by atoms with Gasteiger partial charge in [0.15, 0.2) is 12.6 Å². The van der Waals surface area contributed by atoms with E-state index in [0.717, 1.165) is 38.3 Å². The fourth-order valence-corrected chi connectivity index (χ4v) is 8.93. The van der Waals surface area contributed by atoms with Crippen molar-refractivity contribution in [2.45, 2.75) is 199 Å². The van der Waals surface area contributed by atoms with E-state index in [1.165, 1.54) is 0 Å². The third kappa shape index (κ3) is 8.72. The second kappa shape index (κ2) is 16.0. The lowest BCUT2D eigenvalue weighted by molar-refractivity contribution is -0.313. The Labute approximate surface area is 302 Å². The molecule has 16 unspecified atom stereocenters. The first kappa shape index (κ1) is 40.4. The predicted octanol–water partition coefficient (Wildman–Crippen LogP) is -3.18. The summed E-state index contributed by atoms with van der Waals surface area (Å²) < 4.78 is 36.4. The van der Waals surface area contributed by atoms with Crippen LogP contribution in [-0.4, -0.2) is 150 Å². The van der Waals surface area contributed by atoms with Gasteiger partial charge in [-0.05, 0) is 25.7 Å². The van der Waals surface area contributed by atoms with Crippen molar-refractivity contribution in [2.24, 2.45) is 22.9 Å². The molecule has 0 amide bonds. The third-order valence-corrected chi connectivity index (χ3v) is 12.0. The van der Waals surface area contributed by atoms with E-state index in [1.54, 1.807) is 0 Å². The molecule has 0 bridgehead atoms. The zero-order valence-corrected chi connectivity index (χ0v) is 29.5. The van der Waals surface area contributed by atoms with Gasteiger partial charge < -0.3 is 92.2 Å². The third-order valence-electron chi connectivity index (χ3n) is 12.0. The summed E-state index contributed by atoms with van der Waals surface area (Å²) in [7, 11) is 0. The molecule has 0 aromatic heterocycles. The maximum Gasteiger partial charge on any atom is 0.202 e. The van der Waals surface area contributed by atoms with Crippen LogP contribution in [0.1, 0.15) is 89.9 Å². The minimum Gasteiger partial charge on any atom is -0.465 e. The number of ether oxygens (including phenoxy) is 6. The monoisotopic (exact) mass is 748 g/mol. The molecule has 0 radical (unpaired) electrons. The Balaban J connectivity index is 1.16. The van der Waals surface area contributed by atoms with Crippen LogP contribution in [0.4, 0.5) is 0 Å². The average molecular weight is 749 g/mol. The quantitative estimate of drug-likeness (QED) is 0.0980. The van der Waals surface area contributed by atoms with E-state index < -0.39 is 109 Å². The van der Waals surface area contributed by atoms with Gasteiger partial charge in [0.25, 0.3) is 0 Å². The Morgan fingerprint density at radius 3 is 1.96 bits per heavy atom. The fourth-order valence-electron chi connectivity index (χ4n) is 8.93. The molecular weight excluding hydrogens is 688 g/mol. The van der Waals surface area contributed by atoms with Crippen LogP contribution in [0.15, 0.2) is 12.0 Å². The lowest BCUT2D eigenvalue weighted by Crippen LogP contribution is -2.68. The van der Waals surface area contributed by atoms with E-state index in [2.05, 4.69) is 0 Å². The van der Waals surface area contributed by atoms with Gasteiger partial charge in [0, 0.05) is 44.3 Å². The number of aliphatic hydroxyl groups is 8. The van der Waals surface area contributed by atoms with Crippen LogP contribution < -0.4 is 22.9 Å². The van der Waals surface area contributed by atoms with Crippen molar-refractivity contribution in [3.63, 3.8) is 0 Å². The normalized spacial score (nSPS) is 48.8. The van der Waals surface area contributed by atoms with E-state index in [4.69, 9.17) is 51.4 Å². The summed E-state index contributed by atoms with van der Waals surface area (Å²) in [5.74, 6) is -0.101. The van der Waals surface area contributed by atoms with Crippen molar-refractivity contribution in [1.29, 1.82) is 0 Å². The molecule has 0 aromatic rings. The van der Waals surface area contributed by atoms with Gasteiger partial charge >= 0.3 is 0 Å². The number of hydrogen-bond acceptors (Lipinski definition) is 18. The molecule has 18 nitrogen and oxygen atoms in total. The Hall–Kier alpha value is -1.30. The van der Waals surface area contributed by atoms with Crippen LogP contribution in [0.2, 0.25) is 0 Å². The molecule has 3 aliphatic heterocycles. The van der Waals surface area contributed by atoms with Gasteiger partial charge in [-0.1, -0.05) is 32.1 Å². The lowest BCUT2D eigenvalue weighted by atomic mass is 9.80. The lowest BCUT2D eigenvalue weighted by Gasteiger charge is -2.49. The smallest absolute Gasteiger partial charge is 0.202 e. The molecule has 6 fully saturated rings. The molecule has 0 spiro atoms. The molecule has 300 valence electrons. The van der Waals surface area contributed by atoms with Gasteiger partial charge in [0.2, 0.25) is 6.29 Å². The summed E-state index contributed by atoms with van der Waals surface area (Å²) in [5, 5.41) is 87.3. The Bertz CT molecular complexity index is 1220. The van der Waals surface area contributed by atoms with Crippen LogP contribution in [0, 0.1) is 0 Å². The van der Waals surface area contributed by atoms with Crippen molar-refractivity contribution in [3.8, 4) is 0 Å². The highest BCUT2D eigenvalue weighted by Crippen LogP contribution is 2.42. The molecule has 3 heterocycles. The van der Waals surface area contributed by atoms with Crippen LogP contribution >= 0.6 is 0 Å². The predicted molar refractivity (Wildman–Crippen MR) is 179 cm³/mol. The molecule has 16 N–H and O–H groups in total. The minimum absolute atomic E-state index is 0.0606. The highest BCUT2D eigenvalue weighted by molar-refractivity contribution is 5.05. The standard InChI is InChI=1S/C34H60N4O14/c35-15-21-25(41)17(39)10-22(47-21)51-29-20(13-33(46)6-2-1-3-7-33)50-31(28(29)44)49-19-14-34(38,11-16(36)24(19)40)52-30-23(37)27(43)26(42)18(48-30)12-32(45)8-4-5-9-32/h15-20,22-31,39-46H,1-14,35-38H2/b21-15+. The molecule has 18 heteroatoms. The summed E-state index contributed by atoms with van der Waals surface area (Å²) in [6.07, 6.45) is -9.13. The van der Waals surface area contributed by atoms with Gasteiger partial charge in [-0.15, -0.1) is 0 Å². The van der Waals surface area contributed by atoms with Gasteiger partial charge in [-0.25, -0.2) is 0 Å². The van der Waals surface area contributed by atoms with E-state index in [1.807, 2.05) is 0 Å². The fraction of sp³-hybridized carbons (Fsp3) is 0.941. The van der Waals surface area contributed by atoms with Gasteiger partial charge in [0.1, 0.15) is 42.0 Å². The van der Waals surface area contributed by atoms with E-state index in [-0.39, 0.29) is 37.9 Å². The van der Waals surface area contributed by atoms with Crippen molar-refractivity contribution < 1.29 is 69.3 Å². The number of nitrogens with two attached hydrogens (primary N) is 4.